The van der Waals surface area contributed by atoms with Crippen LogP contribution in [0, 0.1) is 13.8 Å². The Balaban J connectivity index is 1.77. The Bertz CT molecular complexity index is 741. The Kier molecular flexibility index (Phi) is 7.06. The molecule has 2 rings (SSSR count). The maximum atomic E-state index is 12.0. The van der Waals surface area contributed by atoms with Crippen molar-refractivity contribution in [3.05, 3.63) is 57.6 Å². The van der Waals surface area contributed by atoms with Crippen molar-refractivity contribution in [3.8, 4) is 5.75 Å². The number of ether oxygens (including phenoxy) is 1. The second kappa shape index (κ2) is 9.04. The molecule has 0 unspecified atom stereocenters. The van der Waals surface area contributed by atoms with Gasteiger partial charge in [0.1, 0.15) is 5.75 Å². The van der Waals surface area contributed by atoms with Gasteiger partial charge in [-0.3, -0.25) is 4.79 Å². The van der Waals surface area contributed by atoms with Gasteiger partial charge in [0, 0.05) is 12.1 Å². The van der Waals surface area contributed by atoms with E-state index in [2.05, 4.69) is 54.2 Å². The number of hydrogen-bond acceptors (Lipinski definition) is 2. The fourth-order valence-corrected chi connectivity index (χ4v) is 2.96. The zero-order valence-corrected chi connectivity index (χ0v) is 16.9. The molecular formula is C21H26BrNO2. The molecule has 0 bridgehead atoms. The normalized spacial score (nSPS) is 10.8. The number of carbonyl (C=O) groups is 1. The second-order valence-electron chi connectivity index (χ2n) is 6.64. The van der Waals surface area contributed by atoms with E-state index in [1.165, 1.54) is 16.7 Å². The largest absolute Gasteiger partial charge is 0.492 e. The van der Waals surface area contributed by atoms with E-state index in [1.54, 1.807) is 0 Å². The van der Waals surface area contributed by atoms with Crippen LogP contribution in [-0.2, 0) is 4.79 Å². The molecule has 0 spiro atoms. The first-order chi connectivity index (χ1) is 11.9. The van der Waals surface area contributed by atoms with Gasteiger partial charge in [-0.15, -0.1) is 0 Å². The molecule has 1 amide bonds. The van der Waals surface area contributed by atoms with E-state index in [9.17, 15) is 4.79 Å². The van der Waals surface area contributed by atoms with Gasteiger partial charge in [0.15, 0.2) is 0 Å². The topological polar surface area (TPSA) is 38.3 Å². The lowest BCUT2D eigenvalue weighted by Crippen LogP contribution is -2.13. The minimum absolute atomic E-state index is 0.0149. The summed E-state index contributed by atoms with van der Waals surface area (Å²) in [5.74, 6) is 1.32. The monoisotopic (exact) mass is 403 g/mol. The van der Waals surface area contributed by atoms with Crippen LogP contribution in [-0.4, -0.2) is 12.5 Å². The minimum Gasteiger partial charge on any atom is -0.492 e. The summed E-state index contributed by atoms with van der Waals surface area (Å²) >= 11 is 3.55. The highest BCUT2D eigenvalue weighted by Crippen LogP contribution is 2.29. The highest BCUT2D eigenvalue weighted by molar-refractivity contribution is 9.10. The molecule has 1 N–H and O–H groups in total. The van der Waals surface area contributed by atoms with Gasteiger partial charge in [0.2, 0.25) is 5.91 Å². The van der Waals surface area contributed by atoms with Crippen molar-refractivity contribution in [1.29, 1.82) is 0 Å². The van der Waals surface area contributed by atoms with E-state index in [-0.39, 0.29) is 5.91 Å². The number of carbonyl (C=O) groups excluding carboxylic acids is 1. The van der Waals surface area contributed by atoms with Crippen LogP contribution in [0.3, 0.4) is 0 Å². The molecule has 2 aromatic rings. The molecule has 2 aromatic carbocycles. The average molecular weight is 404 g/mol. The lowest BCUT2D eigenvalue weighted by Gasteiger charge is -2.11. The van der Waals surface area contributed by atoms with Crippen LogP contribution < -0.4 is 10.1 Å². The average Bonchev–Trinajstić information content (AvgIpc) is 2.56. The van der Waals surface area contributed by atoms with E-state index < -0.39 is 0 Å². The predicted octanol–water partition coefficient (Wildman–Crippen LogP) is 5.99. The van der Waals surface area contributed by atoms with Crippen molar-refractivity contribution in [2.24, 2.45) is 0 Å². The fraction of sp³-hybridized carbons (Fsp3) is 0.381. The van der Waals surface area contributed by atoms with E-state index in [4.69, 9.17) is 4.74 Å². The quantitative estimate of drug-likeness (QED) is 0.576. The molecule has 0 heterocycles. The van der Waals surface area contributed by atoms with Crippen LogP contribution in [0.4, 0.5) is 5.69 Å². The Morgan fingerprint density at radius 3 is 2.52 bits per heavy atom. The van der Waals surface area contributed by atoms with E-state index in [1.807, 2.05) is 31.2 Å². The number of halogens is 1. The van der Waals surface area contributed by atoms with Gasteiger partial charge >= 0.3 is 0 Å². The Morgan fingerprint density at radius 2 is 1.88 bits per heavy atom. The molecule has 0 aromatic heterocycles. The summed E-state index contributed by atoms with van der Waals surface area (Å²) in [5.41, 5.74) is 4.52. The van der Waals surface area contributed by atoms with E-state index in [0.29, 0.717) is 25.4 Å². The van der Waals surface area contributed by atoms with Gasteiger partial charge in [-0.25, -0.2) is 0 Å². The van der Waals surface area contributed by atoms with Gasteiger partial charge < -0.3 is 10.1 Å². The van der Waals surface area contributed by atoms with Gasteiger partial charge in [-0.05, 0) is 83.1 Å². The van der Waals surface area contributed by atoms with Gasteiger partial charge in [-0.2, -0.15) is 0 Å². The molecule has 0 radical (unpaired) electrons. The summed E-state index contributed by atoms with van der Waals surface area (Å²) in [6.45, 7) is 8.94. The van der Waals surface area contributed by atoms with Crippen molar-refractivity contribution >= 4 is 27.5 Å². The summed E-state index contributed by atoms with van der Waals surface area (Å²) in [6, 6.07) is 12.1. The molecule has 0 saturated heterocycles. The van der Waals surface area contributed by atoms with E-state index >= 15 is 0 Å². The second-order valence-corrected chi connectivity index (χ2v) is 7.50. The summed E-state index contributed by atoms with van der Waals surface area (Å²) in [5, 5.41) is 2.94. The highest BCUT2D eigenvalue weighted by atomic mass is 79.9. The molecule has 4 heteroatoms. The third-order valence-corrected chi connectivity index (χ3v) is 4.84. The number of hydrogen-bond donors (Lipinski definition) is 1. The van der Waals surface area contributed by atoms with Crippen molar-refractivity contribution in [3.63, 3.8) is 0 Å². The third kappa shape index (κ3) is 5.89. The first kappa shape index (κ1) is 19.5. The lowest BCUT2D eigenvalue weighted by molar-refractivity contribution is -0.116. The summed E-state index contributed by atoms with van der Waals surface area (Å²) in [7, 11) is 0. The van der Waals surface area contributed by atoms with Crippen LogP contribution in [0.2, 0.25) is 0 Å². The fourth-order valence-electron chi connectivity index (χ4n) is 2.45. The molecule has 0 aliphatic heterocycles. The minimum atomic E-state index is 0.0149. The van der Waals surface area contributed by atoms with E-state index in [0.717, 1.165) is 15.9 Å². The molecule has 25 heavy (non-hydrogen) atoms. The number of anilines is 1. The molecule has 0 atom stereocenters. The van der Waals surface area contributed by atoms with Crippen molar-refractivity contribution in [1.82, 2.24) is 0 Å². The maximum Gasteiger partial charge on any atom is 0.224 e. The maximum absolute atomic E-state index is 12.0. The number of nitrogens with one attached hydrogen (secondary N) is 1. The lowest BCUT2D eigenvalue weighted by atomic mass is 10.0. The van der Waals surface area contributed by atoms with Crippen LogP contribution in [0.15, 0.2) is 40.9 Å². The van der Waals surface area contributed by atoms with Crippen molar-refractivity contribution in [2.45, 2.75) is 46.5 Å². The van der Waals surface area contributed by atoms with Crippen LogP contribution in [0.25, 0.3) is 0 Å². The van der Waals surface area contributed by atoms with Crippen LogP contribution >= 0.6 is 15.9 Å². The number of aryl methyl sites for hydroxylation is 2. The molecule has 0 aliphatic carbocycles. The summed E-state index contributed by atoms with van der Waals surface area (Å²) in [6.07, 6.45) is 1.11. The highest BCUT2D eigenvalue weighted by Gasteiger charge is 2.07. The van der Waals surface area contributed by atoms with Crippen LogP contribution in [0.1, 0.15) is 49.3 Å². The first-order valence-electron chi connectivity index (χ1n) is 8.66. The number of benzene rings is 2. The predicted molar refractivity (Wildman–Crippen MR) is 108 cm³/mol. The molecule has 0 aliphatic rings. The Labute approximate surface area is 158 Å². The Hall–Kier alpha value is -1.81. The first-order valence-corrected chi connectivity index (χ1v) is 9.45. The number of amides is 1. The number of rotatable bonds is 7. The summed E-state index contributed by atoms with van der Waals surface area (Å²) in [4.78, 5) is 12.0. The molecule has 0 fully saturated rings. The van der Waals surface area contributed by atoms with Gasteiger partial charge in [0.05, 0.1) is 11.1 Å². The summed E-state index contributed by atoms with van der Waals surface area (Å²) < 4.78 is 6.74. The zero-order valence-electron chi connectivity index (χ0n) is 15.4. The van der Waals surface area contributed by atoms with Crippen molar-refractivity contribution < 1.29 is 9.53 Å². The zero-order chi connectivity index (χ0) is 18.4. The SMILES string of the molecule is Cc1ccc(NC(=O)CCCOc2ccc(C(C)C)cc2Br)cc1C. The molecule has 0 saturated carbocycles. The third-order valence-electron chi connectivity index (χ3n) is 4.22. The molecule has 134 valence electrons. The van der Waals surface area contributed by atoms with Crippen molar-refractivity contribution in [2.75, 3.05) is 11.9 Å². The van der Waals surface area contributed by atoms with Gasteiger partial charge in [0.25, 0.3) is 0 Å². The molecular weight excluding hydrogens is 378 g/mol. The Morgan fingerprint density at radius 1 is 1.12 bits per heavy atom. The van der Waals surface area contributed by atoms with Crippen LogP contribution in [0.5, 0.6) is 5.75 Å². The smallest absolute Gasteiger partial charge is 0.224 e. The van der Waals surface area contributed by atoms with Gasteiger partial charge in [-0.1, -0.05) is 26.0 Å². The standard InChI is InChI=1S/C21H26BrNO2/c1-14(2)17-8-10-20(19(22)13-17)25-11-5-6-21(24)23-18-9-7-15(3)16(4)12-18/h7-10,12-14H,5-6,11H2,1-4H3,(H,23,24). The molecule has 3 nitrogen and oxygen atoms in total.